The Morgan fingerprint density at radius 1 is 0.829 bits per heavy atom. The normalized spacial score (nSPS) is 19.9. The predicted molar refractivity (Wildman–Crippen MR) is 149 cm³/mol. The number of carbonyl (C=O) groups excluding carboxylic acids is 2. The van der Waals surface area contributed by atoms with E-state index in [0.717, 1.165) is 10.8 Å². The molecule has 11 nitrogen and oxygen atoms in total. The number of methoxy groups -OCH3 is 3. The summed E-state index contributed by atoms with van der Waals surface area (Å²) < 4.78 is 16.8. The number of nitrogens with zero attached hydrogens (tertiary/aromatic N) is 3. The first-order chi connectivity index (χ1) is 19.9. The number of hydrogen-bond donors (Lipinski definition) is 0. The van der Waals surface area contributed by atoms with Crippen molar-refractivity contribution in [2.75, 3.05) is 31.3 Å². The SMILES string of the molecule is COc1ccc([C@H]2[C@H]3C(=O)N(c4cccc5ccccc45)C(=O)[C@H]3ON2c2cccc([N+](=O)[O-])c2)c(OC)c1OC. The van der Waals surface area contributed by atoms with Gasteiger partial charge in [-0.05, 0) is 29.7 Å². The molecule has 2 heterocycles. The molecule has 2 aliphatic heterocycles. The second kappa shape index (κ2) is 10.1. The number of non-ortho nitro benzene ring substituents is 1. The molecule has 2 amide bonds. The zero-order valence-electron chi connectivity index (χ0n) is 22.3. The number of nitro groups is 1. The van der Waals surface area contributed by atoms with E-state index in [1.54, 1.807) is 30.3 Å². The van der Waals surface area contributed by atoms with Crippen LogP contribution >= 0.6 is 0 Å². The number of hydrogen-bond acceptors (Lipinski definition) is 9. The summed E-state index contributed by atoms with van der Waals surface area (Å²) in [5.41, 5.74) is 1.06. The van der Waals surface area contributed by atoms with Crippen LogP contribution in [0, 0.1) is 16.0 Å². The highest BCUT2D eigenvalue weighted by atomic mass is 16.7. The van der Waals surface area contributed by atoms with E-state index in [1.165, 1.54) is 49.5 Å². The number of anilines is 2. The van der Waals surface area contributed by atoms with Gasteiger partial charge in [0, 0.05) is 23.1 Å². The molecule has 2 saturated heterocycles. The summed E-state index contributed by atoms with van der Waals surface area (Å²) in [4.78, 5) is 46.6. The van der Waals surface area contributed by atoms with Gasteiger partial charge in [-0.25, -0.2) is 9.96 Å². The van der Waals surface area contributed by atoms with Crippen LogP contribution in [-0.4, -0.2) is 44.2 Å². The lowest BCUT2D eigenvalue weighted by atomic mass is 9.89. The molecular weight excluding hydrogens is 530 g/mol. The number of nitro benzene ring substituents is 1. The molecule has 11 heteroatoms. The Morgan fingerprint density at radius 3 is 2.29 bits per heavy atom. The van der Waals surface area contributed by atoms with Gasteiger partial charge >= 0.3 is 0 Å². The van der Waals surface area contributed by atoms with E-state index in [9.17, 15) is 19.7 Å². The largest absolute Gasteiger partial charge is 0.493 e. The number of carbonyl (C=O) groups is 2. The Balaban J connectivity index is 1.53. The molecule has 4 aromatic carbocycles. The van der Waals surface area contributed by atoms with Crippen LogP contribution in [0.1, 0.15) is 11.6 Å². The van der Waals surface area contributed by atoms with Gasteiger partial charge in [0.05, 0.1) is 37.6 Å². The van der Waals surface area contributed by atoms with Crippen molar-refractivity contribution in [3.63, 3.8) is 0 Å². The summed E-state index contributed by atoms with van der Waals surface area (Å²) in [5, 5.41) is 14.6. The van der Waals surface area contributed by atoms with E-state index >= 15 is 0 Å². The second-order valence-corrected chi connectivity index (χ2v) is 9.53. The molecule has 0 aliphatic carbocycles. The monoisotopic (exact) mass is 555 g/mol. The highest BCUT2D eigenvalue weighted by molar-refractivity contribution is 6.26. The Kier molecular flexibility index (Phi) is 6.43. The van der Waals surface area contributed by atoms with Gasteiger partial charge in [-0.15, -0.1) is 0 Å². The average Bonchev–Trinajstić information content (AvgIpc) is 3.51. The van der Waals surface area contributed by atoms with Crippen molar-refractivity contribution in [1.29, 1.82) is 0 Å². The van der Waals surface area contributed by atoms with Crippen LogP contribution < -0.4 is 24.2 Å². The number of rotatable bonds is 7. The summed E-state index contributed by atoms with van der Waals surface area (Å²) in [5.74, 6) is -1.04. The standard InChI is InChI=1S/C30H25N3O8/c1-38-23-15-14-21(26(39-2)27(23)40-3)25-24-28(41-32(25)18-10-7-11-19(16-18)33(36)37)30(35)31(29(24)34)22-13-6-9-17-8-4-5-12-20(17)22/h4-16,24-25,28H,1-3H3/t24-,25+,28+/m1/s1. The highest BCUT2D eigenvalue weighted by Gasteiger charge is 2.61. The quantitative estimate of drug-likeness (QED) is 0.179. The van der Waals surface area contributed by atoms with Crippen LogP contribution in [0.5, 0.6) is 17.2 Å². The lowest BCUT2D eigenvalue weighted by molar-refractivity contribution is -0.384. The van der Waals surface area contributed by atoms with Crippen molar-refractivity contribution >= 4 is 39.6 Å². The zero-order valence-corrected chi connectivity index (χ0v) is 22.3. The number of amides is 2. The third-order valence-electron chi connectivity index (χ3n) is 7.47. The van der Waals surface area contributed by atoms with E-state index in [2.05, 4.69) is 0 Å². The molecule has 0 unspecified atom stereocenters. The second-order valence-electron chi connectivity index (χ2n) is 9.53. The van der Waals surface area contributed by atoms with Crippen LogP contribution in [0.2, 0.25) is 0 Å². The molecule has 0 saturated carbocycles. The molecule has 208 valence electrons. The maximum absolute atomic E-state index is 14.2. The summed E-state index contributed by atoms with van der Waals surface area (Å²) >= 11 is 0. The first kappa shape index (κ1) is 26.1. The first-order valence-corrected chi connectivity index (χ1v) is 12.7. The molecule has 3 atom stereocenters. The van der Waals surface area contributed by atoms with Crippen molar-refractivity contribution < 1.29 is 33.6 Å². The van der Waals surface area contributed by atoms with Crippen molar-refractivity contribution in [3.8, 4) is 17.2 Å². The minimum absolute atomic E-state index is 0.170. The fourth-order valence-electron chi connectivity index (χ4n) is 5.70. The summed E-state index contributed by atoms with van der Waals surface area (Å²) in [6.45, 7) is 0. The Hall–Kier alpha value is -5.16. The van der Waals surface area contributed by atoms with E-state index in [0.29, 0.717) is 22.7 Å². The number of fused-ring (bicyclic) bond motifs is 2. The topological polar surface area (TPSA) is 121 Å². The van der Waals surface area contributed by atoms with E-state index in [4.69, 9.17) is 19.0 Å². The van der Waals surface area contributed by atoms with Gasteiger partial charge in [0.1, 0.15) is 12.0 Å². The van der Waals surface area contributed by atoms with Gasteiger partial charge in [0.25, 0.3) is 11.6 Å². The summed E-state index contributed by atoms with van der Waals surface area (Å²) in [7, 11) is 4.40. The Bertz CT molecular complexity index is 1700. The third kappa shape index (κ3) is 4.01. The van der Waals surface area contributed by atoms with Gasteiger partial charge in [0.2, 0.25) is 11.7 Å². The van der Waals surface area contributed by atoms with Crippen molar-refractivity contribution in [2.24, 2.45) is 5.92 Å². The third-order valence-corrected chi connectivity index (χ3v) is 7.47. The number of hydroxylamine groups is 1. The molecule has 6 rings (SSSR count). The fourth-order valence-corrected chi connectivity index (χ4v) is 5.70. The van der Waals surface area contributed by atoms with E-state index < -0.39 is 34.8 Å². The van der Waals surface area contributed by atoms with Crippen LogP contribution in [0.3, 0.4) is 0 Å². The maximum atomic E-state index is 14.2. The van der Waals surface area contributed by atoms with Crippen LogP contribution in [-0.2, 0) is 14.4 Å². The van der Waals surface area contributed by atoms with Crippen LogP contribution in [0.25, 0.3) is 10.8 Å². The zero-order chi connectivity index (χ0) is 28.8. The number of benzene rings is 4. The summed E-state index contributed by atoms with van der Waals surface area (Å²) in [6, 6.07) is 21.2. The van der Waals surface area contributed by atoms with Gasteiger partial charge in [-0.3, -0.25) is 24.5 Å². The molecule has 0 spiro atoms. The smallest absolute Gasteiger partial charge is 0.271 e. The Morgan fingerprint density at radius 2 is 1.56 bits per heavy atom. The molecule has 2 fully saturated rings. The van der Waals surface area contributed by atoms with Gasteiger partial charge in [0.15, 0.2) is 17.6 Å². The fraction of sp³-hybridized carbons (Fsp3) is 0.200. The lowest BCUT2D eigenvalue weighted by Gasteiger charge is -2.30. The van der Waals surface area contributed by atoms with Crippen molar-refractivity contribution in [2.45, 2.75) is 12.1 Å². The molecule has 0 radical (unpaired) electrons. The number of imide groups is 1. The van der Waals surface area contributed by atoms with E-state index in [-0.39, 0.29) is 17.2 Å². The van der Waals surface area contributed by atoms with Crippen molar-refractivity contribution in [3.05, 3.63) is 94.5 Å². The first-order valence-electron chi connectivity index (χ1n) is 12.7. The minimum atomic E-state index is -1.19. The molecule has 4 aromatic rings. The van der Waals surface area contributed by atoms with Crippen molar-refractivity contribution in [1.82, 2.24) is 0 Å². The molecular formula is C30H25N3O8. The van der Waals surface area contributed by atoms with E-state index in [1.807, 2.05) is 30.3 Å². The van der Waals surface area contributed by atoms with Gasteiger partial charge < -0.3 is 14.2 Å². The minimum Gasteiger partial charge on any atom is -0.493 e. The molecule has 41 heavy (non-hydrogen) atoms. The molecule has 0 aromatic heterocycles. The number of ether oxygens (including phenoxy) is 3. The van der Waals surface area contributed by atoms with Gasteiger partial charge in [-0.1, -0.05) is 42.5 Å². The summed E-state index contributed by atoms with van der Waals surface area (Å²) in [6.07, 6.45) is -1.19. The maximum Gasteiger partial charge on any atom is 0.271 e. The van der Waals surface area contributed by atoms with Crippen LogP contribution in [0.15, 0.2) is 78.9 Å². The molecule has 0 bridgehead atoms. The molecule has 0 N–H and O–H groups in total. The lowest BCUT2D eigenvalue weighted by Crippen LogP contribution is -2.37. The molecule has 2 aliphatic rings. The average molecular weight is 556 g/mol. The van der Waals surface area contributed by atoms with Gasteiger partial charge in [-0.2, -0.15) is 0 Å². The highest BCUT2D eigenvalue weighted by Crippen LogP contribution is 2.53. The Labute approximate surface area is 234 Å². The predicted octanol–water partition coefficient (Wildman–Crippen LogP) is 4.82. The van der Waals surface area contributed by atoms with Crippen LogP contribution in [0.4, 0.5) is 17.1 Å².